The van der Waals surface area contributed by atoms with Crippen LogP contribution < -0.4 is 11.1 Å². The number of benzene rings is 1. The molecule has 1 amide bonds. The van der Waals surface area contributed by atoms with Gasteiger partial charge in [0.2, 0.25) is 15.9 Å². The third-order valence-electron chi connectivity index (χ3n) is 3.39. The Balaban J connectivity index is 2.47. The molecule has 1 saturated heterocycles. The molecule has 1 unspecified atom stereocenters. The molecular weight excluding hydrogens is 304 g/mol. The van der Waals surface area contributed by atoms with Crippen LogP contribution in [0.2, 0.25) is 0 Å². The smallest absolute Gasteiger partial charge is 0.246 e. The molecule has 0 saturated carbocycles. The van der Waals surface area contributed by atoms with Gasteiger partial charge in [-0.1, -0.05) is 0 Å². The number of nitrogen functional groups attached to an aromatic ring is 1. The summed E-state index contributed by atoms with van der Waals surface area (Å²) in [6.45, 7) is 0.0944. The lowest BCUT2D eigenvalue weighted by Crippen LogP contribution is -2.45. The Morgan fingerprint density at radius 3 is 2.67 bits per heavy atom. The average molecular weight is 319 g/mol. The summed E-state index contributed by atoms with van der Waals surface area (Å²) in [5, 5.41) is 2.37. The summed E-state index contributed by atoms with van der Waals surface area (Å²) in [6.07, 6.45) is 0.826. The maximum Gasteiger partial charge on any atom is 0.246 e. The van der Waals surface area contributed by atoms with Crippen molar-refractivity contribution < 1.29 is 22.0 Å². The maximum absolute atomic E-state index is 13.8. The Kier molecular flexibility index (Phi) is 4.15. The number of nitrogens with zero attached hydrogens (tertiary/aromatic N) is 1. The minimum absolute atomic E-state index is 0.0944. The molecule has 1 fully saturated rings. The van der Waals surface area contributed by atoms with Crippen molar-refractivity contribution in [2.45, 2.75) is 23.8 Å². The second-order valence-corrected chi connectivity index (χ2v) is 6.55. The average Bonchev–Trinajstić information content (AvgIpc) is 2.91. The second kappa shape index (κ2) is 5.57. The van der Waals surface area contributed by atoms with E-state index in [1.54, 1.807) is 0 Å². The Bertz CT molecular complexity index is 679. The lowest BCUT2D eigenvalue weighted by atomic mass is 10.2. The van der Waals surface area contributed by atoms with Crippen LogP contribution in [-0.4, -0.2) is 38.3 Å². The fourth-order valence-corrected chi connectivity index (χ4v) is 4.06. The normalized spacial score (nSPS) is 19.7. The second-order valence-electron chi connectivity index (χ2n) is 4.69. The lowest BCUT2D eigenvalue weighted by molar-refractivity contribution is -0.123. The van der Waals surface area contributed by atoms with E-state index in [9.17, 15) is 22.0 Å². The number of sulfonamides is 1. The van der Waals surface area contributed by atoms with E-state index in [0.717, 1.165) is 10.4 Å². The summed E-state index contributed by atoms with van der Waals surface area (Å²) in [5.41, 5.74) is 4.83. The number of nitrogens with two attached hydrogens (primary N) is 1. The lowest BCUT2D eigenvalue weighted by Gasteiger charge is -2.23. The largest absolute Gasteiger partial charge is 0.396 e. The van der Waals surface area contributed by atoms with Gasteiger partial charge in [-0.3, -0.25) is 4.79 Å². The van der Waals surface area contributed by atoms with Gasteiger partial charge in [-0.25, -0.2) is 17.2 Å². The highest BCUT2D eigenvalue weighted by Gasteiger charge is 2.40. The topological polar surface area (TPSA) is 92.5 Å². The highest BCUT2D eigenvalue weighted by atomic mass is 32.2. The van der Waals surface area contributed by atoms with Crippen molar-refractivity contribution in [2.24, 2.45) is 0 Å². The van der Waals surface area contributed by atoms with E-state index in [-0.39, 0.29) is 6.54 Å². The molecule has 2 rings (SSSR count). The first-order valence-corrected chi connectivity index (χ1v) is 7.71. The van der Waals surface area contributed by atoms with Gasteiger partial charge in [0, 0.05) is 19.7 Å². The van der Waals surface area contributed by atoms with Gasteiger partial charge in [-0.15, -0.1) is 0 Å². The number of carbonyl (C=O) groups excluding carboxylic acids is 1. The molecule has 0 spiro atoms. The predicted molar refractivity (Wildman–Crippen MR) is 71.8 cm³/mol. The number of carbonyl (C=O) groups is 1. The van der Waals surface area contributed by atoms with E-state index >= 15 is 0 Å². The highest BCUT2D eigenvalue weighted by molar-refractivity contribution is 7.89. The quantitative estimate of drug-likeness (QED) is 0.791. The van der Waals surface area contributed by atoms with Gasteiger partial charge in [0.15, 0.2) is 0 Å². The summed E-state index contributed by atoms with van der Waals surface area (Å²) in [7, 11) is -2.87. The van der Waals surface area contributed by atoms with Gasteiger partial charge in [-0.2, -0.15) is 4.31 Å². The molecule has 1 aromatic rings. The van der Waals surface area contributed by atoms with E-state index in [4.69, 9.17) is 5.73 Å². The summed E-state index contributed by atoms with van der Waals surface area (Å²) < 4.78 is 52.8. The molecule has 1 aliphatic rings. The van der Waals surface area contributed by atoms with E-state index in [1.807, 2.05) is 0 Å². The number of hydrogen-bond acceptors (Lipinski definition) is 4. The molecule has 6 nitrogen and oxygen atoms in total. The number of nitrogens with one attached hydrogen (secondary N) is 1. The van der Waals surface area contributed by atoms with Crippen molar-refractivity contribution in [2.75, 3.05) is 19.3 Å². The zero-order valence-electron chi connectivity index (χ0n) is 11.3. The monoisotopic (exact) mass is 319 g/mol. The molecule has 1 heterocycles. The number of likely N-dealkylation sites (N-methyl/N-ethyl adjacent to an activating group) is 1. The first kappa shape index (κ1) is 15.6. The Morgan fingerprint density at radius 1 is 1.38 bits per heavy atom. The van der Waals surface area contributed by atoms with Crippen molar-refractivity contribution in [1.29, 1.82) is 0 Å². The zero-order valence-corrected chi connectivity index (χ0v) is 12.1. The van der Waals surface area contributed by atoms with E-state index in [2.05, 4.69) is 5.32 Å². The predicted octanol–water partition coefficient (Wildman–Crippen LogP) is 0.446. The van der Waals surface area contributed by atoms with E-state index in [1.165, 1.54) is 7.05 Å². The number of rotatable bonds is 3. The van der Waals surface area contributed by atoms with Crippen LogP contribution in [0.25, 0.3) is 0 Å². The first-order chi connectivity index (χ1) is 9.78. The third kappa shape index (κ3) is 2.70. The van der Waals surface area contributed by atoms with E-state index in [0.29, 0.717) is 18.9 Å². The Labute approximate surface area is 121 Å². The van der Waals surface area contributed by atoms with Crippen LogP contribution in [-0.2, 0) is 14.8 Å². The fraction of sp³-hybridized carbons (Fsp3) is 0.417. The third-order valence-corrected chi connectivity index (χ3v) is 5.31. The molecular formula is C12H15F2N3O3S. The van der Waals surface area contributed by atoms with Crippen LogP contribution in [0, 0.1) is 11.6 Å². The van der Waals surface area contributed by atoms with E-state index < -0.39 is 44.2 Å². The summed E-state index contributed by atoms with van der Waals surface area (Å²) >= 11 is 0. The van der Waals surface area contributed by atoms with Gasteiger partial charge in [0.05, 0.1) is 5.69 Å². The van der Waals surface area contributed by atoms with Crippen molar-refractivity contribution in [3.8, 4) is 0 Å². The molecule has 1 aromatic carbocycles. The van der Waals surface area contributed by atoms with Crippen molar-refractivity contribution in [1.82, 2.24) is 9.62 Å². The molecule has 0 aromatic heterocycles. The molecule has 1 atom stereocenters. The van der Waals surface area contributed by atoms with Crippen LogP contribution >= 0.6 is 0 Å². The molecule has 3 N–H and O–H groups in total. The van der Waals surface area contributed by atoms with Crippen LogP contribution in [0.5, 0.6) is 0 Å². The van der Waals surface area contributed by atoms with Gasteiger partial charge < -0.3 is 11.1 Å². The molecule has 0 bridgehead atoms. The fourth-order valence-electron chi connectivity index (χ4n) is 2.33. The number of anilines is 1. The minimum atomic E-state index is -4.26. The first-order valence-electron chi connectivity index (χ1n) is 6.27. The zero-order chi connectivity index (χ0) is 15.8. The molecule has 21 heavy (non-hydrogen) atoms. The summed E-state index contributed by atoms with van der Waals surface area (Å²) in [4.78, 5) is 11.0. The molecule has 9 heteroatoms. The van der Waals surface area contributed by atoms with Crippen LogP contribution in [0.1, 0.15) is 12.8 Å². The van der Waals surface area contributed by atoms with Gasteiger partial charge in [0.25, 0.3) is 0 Å². The summed E-state index contributed by atoms with van der Waals surface area (Å²) in [6, 6.07) is 0.262. The van der Waals surface area contributed by atoms with Gasteiger partial charge >= 0.3 is 0 Å². The van der Waals surface area contributed by atoms with Crippen LogP contribution in [0.15, 0.2) is 17.0 Å². The number of halogens is 2. The SMILES string of the molecule is CNC(=O)C1CCCN1S(=O)(=O)c1cc(N)c(F)cc1F. The Hall–Kier alpha value is -1.74. The van der Waals surface area contributed by atoms with Crippen LogP contribution in [0.3, 0.4) is 0 Å². The van der Waals surface area contributed by atoms with Gasteiger partial charge in [-0.05, 0) is 18.9 Å². The van der Waals surface area contributed by atoms with Crippen LogP contribution in [0.4, 0.5) is 14.5 Å². The Morgan fingerprint density at radius 2 is 2.05 bits per heavy atom. The van der Waals surface area contributed by atoms with Gasteiger partial charge in [0.1, 0.15) is 22.6 Å². The number of hydrogen-bond donors (Lipinski definition) is 2. The molecule has 116 valence electrons. The highest BCUT2D eigenvalue weighted by Crippen LogP contribution is 2.29. The van der Waals surface area contributed by atoms with Crippen molar-refractivity contribution in [3.05, 3.63) is 23.8 Å². The molecule has 0 radical (unpaired) electrons. The minimum Gasteiger partial charge on any atom is -0.396 e. The van der Waals surface area contributed by atoms with Crippen molar-refractivity contribution >= 4 is 21.6 Å². The van der Waals surface area contributed by atoms with Crippen molar-refractivity contribution in [3.63, 3.8) is 0 Å². The summed E-state index contributed by atoms with van der Waals surface area (Å²) in [5.74, 6) is -2.73. The number of amides is 1. The molecule has 0 aliphatic carbocycles. The standard InChI is InChI=1S/C12H15F2N3O3S/c1-16-12(18)10-3-2-4-17(10)21(19,20)11-6-9(15)7(13)5-8(11)14/h5-6,10H,2-4,15H2,1H3,(H,16,18). The molecule has 1 aliphatic heterocycles. The maximum atomic E-state index is 13.8.